The fraction of sp³-hybridized carbons (Fsp3) is 0.208. The summed E-state index contributed by atoms with van der Waals surface area (Å²) in [5.74, 6) is 12.7. The number of methoxy groups -OCH3 is 1. The quantitative estimate of drug-likeness (QED) is 0.661. The molecule has 1 aromatic heterocycles. The third-order valence-corrected chi connectivity index (χ3v) is 4.16. The normalized spacial score (nSPS) is 9.68. The van der Waals surface area contributed by atoms with Crippen LogP contribution < -0.4 is 4.74 Å². The standard InChI is InChI=1S/C24H21N3O/c1-4-18-6-10-20(11-7-18)14-16-22-25-23(27-24(26-22)28-3)17-15-21-12-8-19(5-2)9-13-21/h6-13H,4-5H2,1-3H3. The molecule has 0 radical (unpaired) electrons. The Morgan fingerprint density at radius 3 is 1.43 bits per heavy atom. The molecular weight excluding hydrogens is 346 g/mol. The molecule has 0 atom stereocenters. The van der Waals surface area contributed by atoms with Crippen molar-refractivity contribution in [2.75, 3.05) is 7.11 Å². The van der Waals surface area contributed by atoms with Gasteiger partial charge in [0.1, 0.15) is 0 Å². The Kier molecular flexibility index (Phi) is 6.39. The van der Waals surface area contributed by atoms with Gasteiger partial charge in [-0.1, -0.05) is 50.0 Å². The largest absolute Gasteiger partial charge is 0.467 e. The average molecular weight is 367 g/mol. The Morgan fingerprint density at radius 2 is 1.07 bits per heavy atom. The van der Waals surface area contributed by atoms with Crippen LogP contribution in [-0.2, 0) is 12.8 Å². The van der Waals surface area contributed by atoms with Crippen LogP contribution in [0.5, 0.6) is 6.01 Å². The van der Waals surface area contributed by atoms with Gasteiger partial charge in [-0.15, -0.1) is 0 Å². The minimum absolute atomic E-state index is 0.200. The average Bonchev–Trinajstić information content (AvgIpc) is 2.76. The molecule has 138 valence electrons. The Morgan fingerprint density at radius 1 is 0.643 bits per heavy atom. The lowest BCUT2D eigenvalue weighted by atomic mass is 10.1. The van der Waals surface area contributed by atoms with Crippen LogP contribution in [0.15, 0.2) is 48.5 Å². The number of aryl methyl sites for hydroxylation is 2. The maximum absolute atomic E-state index is 5.16. The highest BCUT2D eigenvalue weighted by Crippen LogP contribution is 2.06. The number of ether oxygens (including phenoxy) is 1. The zero-order chi connectivity index (χ0) is 19.8. The number of hydrogen-bond donors (Lipinski definition) is 0. The van der Waals surface area contributed by atoms with E-state index in [4.69, 9.17) is 4.74 Å². The predicted molar refractivity (Wildman–Crippen MR) is 110 cm³/mol. The van der Waals surface area contributed by atoms with Crippen LogP contribution in [0.2, 0.25) is 0 Å². The Hall–Kier alpha value is -3.63. The van der Waals surface area contributed by atoms with E-state index in [9.17, 15) is 0 Å². The zero-order valence-corrected chi connectivity index (χ0v) is 16.3. The molecule has 0 saturated heterocycles. The molecule has 0 bridgehead atoms. The van der Waals surface area contributed by atoms with Crippen molar-refractivity contribution in [2.24, 2.45) is 0 Å². The molecule has 0 amide bonds. The van der Waals surface area contributed by atoms with Crippen LogP contribution in [0.25, 0.3) is 0 Å². The van der Waals surface area contributed by atoms with E-state index in [1.54, 1.807) is 0 Å². The van der Waals surface area contributed by atoms with Crippen molar-refractivity contribution in [1.29, 1.82) is 0 Å². The molecule has 2 aromatic carbocycles. The topological polar surface area (TPSA) is 47.9 Å². The fourth-order valence-corrected chi connectivity index (χ4v) is 2.46. The molecule has 0 unspecified atom stereocenters. The smallest absolute Gasteiger partial charge is 0.321 e. The molecule has 0 aliphatic heterocycles. The maximum Gasteiger partial charge on any atom is 0.321 e. The zero-order valence-electron chi connectivity index (χ0n) is 16.3. The molecule has 4 heteroatoms. The summed E-state index contributed by atoms with van der Waals surface area (Å²) in [5.41, 5.74) is 4.36. The number of nitrogens with zero attached hydrogens (tertiary/aromatic N) is 3. The third kappa shape index (κ3) is 5.19. The van der Waals surface area contributed by atoms with E-state index in [1.807, 2.05) is 24.3 Å². The molecular formula is C24H21N3O. The van der Waals surface area contributed by atoms with Crippen molar-refractivity contribution in [2.45, 2.75) is 26.7 Å². The second-order valence-electron chi connectivity index (χ2n) is 6.07. The first-order valence-electron chi connectivity index (χ1n) is 9.22. The van der Waals surface area contributed by atoms with Crippen LogP contribution in [0.3, 0.4) is 0 Å². The first kappa shape index (κ1) is 19.1. The maximum atomic E-state index is 5.16. The van der Waals surface area contributed by atoms with Crippen molar-refractivity contribution < 1.29 is 4.74 Å². The van der Waals surface area contributed by atoms with Gasteiger partial charge in [-0.3, -0.25) is 0 Å². The summed E-state index contributed by atoms with van der Waals surface area (Å²) >= 11 is 0. The Balaban J connectivity index is 1.86. The minimum Gasteiger partial charge on any atom is -0.467 e. The van der Waals surface area contributed by atoms with E-state index in [1.165, 1.54) is 18.2 Å². The number of hydrogen-bond acceptors (Lipinski definition) is 4. The van der Waals surface area contributed by atoms with Gasteiger partial charge in [0.2, 0.25) is 11.6 Å². The van der Waals surface area contributed by atoms with Crippen molar-refractivity contribution in [3.63, 3.8) is 0 Å². The van der Waals surface area contributed by atoms with E-state index in [0.717, 1.165) is 24.0 Å². The predicted octanol–water partition coefficient (Wildman–Crippen LogP) is 3.80. The third-order valence-electron chi connectivity index (χ3n) is 4.16. The van der Waals surface area contributed by atoms with E-state index in [-0.39, 0.29) is 6.01 Å². The molecule has 0 spiro atoms. The van der Waals surface area contributed by atoms with Crippen molar-refractivity contribution >= 4 is 0 Å². The van der Waals surface area contributed by atoms with Gasteiger partial charge in [-0.25, -0.2) is 0 Å². The number of rotatable bonds is 3. The summed E-state index contributed by atoms with van der Waals surface area (Å²) in [6.07, 6.45) is 2.00. The van der Waals surface area contributed by atoms with Crippen molar-refractivity contribution in [3.8, 4) is 29.7 Å². The summed E-state index contributed by atoms with van der Waals surface area (Å²) in [6.45, 7) is 4.25. The van der Waals surface area contributed by atoms with Crippen LogP contribution in [-0.4, -0.2) is 22.1 Å². The highest BCUT2D eigenvalue weighted by Gasteiger charge is 2.03. The summed E-state index contributed by atoms with van der Waals surface area (Å²) in [7, 11) is 1.51. The summed E-state index contributed by atoms with van der Waals surface area (Å²) < 4.78 is 5.16. The van der Waals surface area contributed by atoms with Gasteiger partial charge < -0.3 is 4.74 Å². The second-order valence-corrected chi connectivity index (χ2v) is 6.07. The Bertz CT molecular complexity index is 980. The van der Waals surface area contributed by atoms with E-state index in [0.29, 0.717) is 11.6 Å². The lowest BCUT2D eigenvalue weighted by Crippen LogP contribution is -2.01. The van der Waals surface area contributed by atoms with Crippen LogP contribution >= 0.6 is 0 Å². The van der Waals surface area contributed by atoms with Gasteiger partial charge in [0.05, 0.1) is 7.11 Å². The highest BCUT2D eigenvalue weighted by atomic mass is 16.5. The highest BCUT2D eigenvalue weighted by molar-refractivity contribution is 5.42. The minimum atomic E-state index is 0.200. The summed E-state index contributed by atoms with van der Waals surface area (Å²) in [6, 6.07) is 16.4. The number of aromatic nitrogens is 3. The van der Waals surface area contributed by atoms with Crippen LogP contribution in [0, 0.1) is 23.7 Å². The molecule has 3 rings (SSSR count). The van der Waals surface area contributed by atoms with Crippen molar-refractivity contribution in [3.05, 3.63) is 82.4 Å². The van der Waals surface area contributed by atoms with Gasteiger partial charge in [0.25, 0.3) is 0 Å². The molecule has 1 heterocycles. The monoisotopic (exact) mass is 367 g/mol. The summed E-state index contributed by atoms with van der Waals surface area (Å²) in [4.78, 5) is 12.7. The van der Waals surface area contributed by atoms with Crippen LogP contribution in [0.4, 0.5) is 0 Å². The van der Waals surface area contributed by atoms with E-state index >= 15 is 0 Å². The molecule has 0 aliphatic carbocycles. The van der Waals surface area contributed by atoms with Gasteiger partial charge in [-0.05, 0) is 60.1 Å². The molecule has 0 fully saturated rings. The van der Waals surface area contributed by atoms with Crippen molar-refractivity contribution in [1.82, 2.24) is 15.0 Å². The molecule has 3 aromatic rings. The molecule has 0 saturated carbocycles. The second kappa shape index (κ2) is 9.35. The Labute approximate surface area is 166 Å². The number of benzene rings is 2. The van der Waals surface area contributed by atoms with Crippen LogP contribution in [0.1, 0.15) is 47.8 Å². The SMILES string of the molecule is CCc1ccc(C#Cc2nc(C#Cc3ccc(CC)cc3)nc(OC)n2)cc1. The fourth-order valence-electron chi connectivity index (χ4n) is 2.46. The first-order chi connectivity index (χ1) is 13.7. The molecule has 0 aliphatic rings. The molecule has 28 heavy (non-hydrogen) atoms. The van der Waals surface area contributed by atoms with E-state index in [2.05, 4.69) is 76.7 Å². The lowest BCUT2D eigenvalue weighted by molar-refractivity contribution is 0.376. The lowest BCUT2D eigenvalue weighted by Gasteiger charge is -1.99. The van der Waals surface area contributed by atoms with Gasteiger partial charge in [0.15, 0.2) is 0 Å². The van der Waals surface area contributed by atoms with Gasteiger partial charge in [0, 0.05) is 11.1 Å². The van der Waals surface area contributed by atoms with Gasteiger partial charge >= 0.3 is 6.01 Å². The first-order valence-corrected chi connectivity index (χ1v) is 9.22. The molecule has 0 N–H and O–H groups in total. The van der Waals surface area contributed by atoms with Gasteiger partial charge in [-0.2, -0.15) is 15.0 Å². The summed E-state index contributed by atoms with van der Waals surface area (Å²) in [5, 5.41) is 0. The molecule has 4 nitrogen and oxygen atoms in total. The van der Waals surface area contributed by atoms with E-state index < -0.39 is 0 Å².